The van der Waals surface area contributed by atoms with Crippen LogP contribution in [0.5, 0.6) is 0 Å². The Balaban J connectivity index is 2.14. The summed E-state index contributed by atoms with van der Waals surface area (Å²) in [6.45, 7) is 4.05. The van der Waals surface area contributed by atoms with E-state index in [-0.39, 0.29) is 11.8 Å². The molecule has 17 heavy (non-hydrogen) atoms. The number of carbonyl (C=O) groups excluding carboxylic acids is 1. The van der Waals surface area contributed by atoms with Crippen LogP contribution >= 0.6 is 0 Å². The molecule has 0 saturated heterocycles. The van der Waals surface area contributed by atoms with E-state index < -0.39 is 0 Å². The van der Waals surface area contributed by atoms with Crippen molar-refractivity contribution in [2.75, 3.05) is 5.32 Å². The number of rotatable bonds is 4. The average molecular weight is 232 g/mol. The number of aromatic nitrogens is 3. The maximum Gasteiger partial charge on any atom is 0.227 e. The Labute approximate surface area is 99.9 Å². The summed E-state index contributed by atoms with van der Waals surface area (Å²) < 4.78 is 1.78. The van der Waals surface area contributed by atoms with Crippen LogP contribution in [0, 0.1) is 5.92 Å². The SMILES string of the molecule is CCC(CC)C(=O)Nc1ccc2nncn2c1. The maximum absolute atomic E-state index is 11.9. The number of hydrogen-bond donors (Lipinski definition) is 1. The molecular formula is C12H16N4O. The Morgan fingerprint density at radius 3 is 2.88 bits per heavy atom. The van der Waals surface area contributed by atoms with Crippen LogP contribution in [-0.4, -0.2) is 20.5 Å². The molecular weight excluding hydrogens is 216 g/mol. The topological polar surface area (TPSA) is 59.3 Å². The van der Waals surface area contributed by atoms with Crippen LogP contribution in [0.15, 0.2) is 24.7 Å². The highest BCUT2D eigenvalue weighted by Crippen LogP contribution is 2.13. The molecule has 0 aromatic carbocycles. The minimum atomic E-state index is 0.0717. The van der Waals surface area contributed by atoms with Crippen LogP contribution in [0.3, 0.4) is 0 Å². The first-order valence-electron chi connectivity index (χ1n) is 5.84. The van der Waals surface area contributed by atoms with Gasteiger partial charge < -0.3 is 5.32 Å². The summed E-state index contributed by atoms with van der Waals surface area (Å²) in [5.41, 5.74) is 1.54. The number of fused-ring (bicyclic) bond motifs is 1. The van der Waals surface area contributed by atoms with Crippen molar-refractivity contribution < 1.29 is 4.79 Å². The van der Waals surface area contributed by atoms with E-state index in [1.165, 1.54) is 0 Å². The van der Waals surface area contributed by atoms with Gasteiger partial charge in [-0.3, -0.25) is 9.20 Å². The van der Waals surface area contributed by atoms with Crippen LogP contribution in [0.1, 0.15) is 26.7 Å². The van der Waals surface area contributed by atoms with Gasteiger partial charge >= 0.3 is 0 Å². The molecule has 0 unspecified atom stereocenters. The second-order valence-electron chi connectivity index (χ2n) is 4.02. The molecule has 0 atom stereocenters. The quantitative estimate of drug-likeness (QED) is 0.878. The lowest BCUT2D eigenvalue weighted by molar-refractivity contribution is -0.120. The second-order valence-corrected chi connectivity index (χ2v) is 4.02. The van der Waals surface area contributed by atoms with Gasteiger partial charge in [0.05, 0.1) is 5.69 Å². The smallest absolute Gasteiger partial charge is 0.227 e. The third kappa shape index (κ3) is 2.43. The first kappa shape index (κ1) is 11.6. The molecule has 0 bridgehead atoms. The van der Waals surface area contributed by atoms with Crippen molar-refractivity contribution in [1.29, 1.82) is 0 Å². The van der Waals surface area contributed by atoms with Crippen molar-refractivity contribution in [2.45, 2.75) is 26.7 Å². The fourth-order valence-electron chi connectivity index (χ4n) is 1.81. The molecule has 0 aliphatic heterocycles. The molecule has 5 heteroatoms. The molecule has 2 heterocycles. The maximum atomic E-state index is 11.9. The molecule has 2 aromatic heterocycles. The number of anilines is 1. The standard InChI is InChI=1S/C12H16N4O/c1-3-9(4-2)12(17)14-10-5-6-11-15-13-8-16(11)7-10/h5-9H,3-4H2,1-2H3,(H,14,17). The van der Waals surface area contributed by atoms with Crippen molar-refractivity contribution in [3.63, 3.8) is 0 Å². The molecule has 0 spiro atoms. The van der Waals surface area contributed by atoms with Crippen LogP contribution < -0.4 is 5.32 Å². The number of nitrogens with zero attached hydrogens (tertiary/aromatic N) is 3. The predicted octanol–water partition coefficient (Wildman–Crippen LogP) is 2.10. The van der Waals surface area contributed by atoms with E-state index in [1.54, 1.807) is 10.7 Å². The highest BCUT2D eigenvalue weighted by Gasteiger charge is 2.14. The summed E-state index contributed by atoms with van der Waals surface area (Å²) in [4.78, 5) is 11.9. The second kappa shape index (κ2) is 4.95. The van der Waals surface area contributed by atoms with E-state index in [1.807, 2.05) is 32.2 Å². The molecule has 0 fully saturated rings. The lowest BCUT2D eigenvalue weighted by Crippen LogP contribution is -2.21. The fraction of sp³-hybridized carbons (Fsp3) is 0.417. The van der Waals surface area contributed by atoms with Crippen molar-refractivity contribution >= 4 is 17.2 Å². The van der Waals surface area contributed by atoms with E-state index in [9.17, 15) is 4.79 Å². The van der Waals surface area contributed by atoms with Gasteiger partial charge in [-0.1, -0.05) is 13.8 Å². The van der Waals surface area contributed by atoms with E-state index in [0.717, 1.165) is 24.2 Å². The summed E-state index contributed by atoms with van der Waals surface area (Å²) in [5, 5.41) is 10.6. The van der Waals surface area contributed by atoms with E-state index in [2.05, 4.69) is 15.5 Å². The lowest BCUT2D eigenvalue weighted by Gasteiger charge is -2.12. The monoisotopic (exact) mass is 232 g/mol. The van der Waals surface area contributed by atoms with Crippen LogP contribution in [0.2, 0.25) is 0 Å². The molecule has 0 aliphatic rings. The summed E-state index contributed by atoms with van der Waals surface area (Å²) in [6.07, 6.45) is 5.14. The van der Waals surface area contributed by atoms with E-state index >= 15 is 0 Å². The summed E-state index contributed by atoms with van der Waals surface area (Å²) in [6, 6.07) is 3.67. The Bertz CT molecular complexity index is 516. The van der Waals surface area contributed by atoms with Crippen LogP contribution in [0.4, 0.5) is 5.69 Å². The number of amides is 1. The highest BCUT2D eigenvalue weighted by molar-refractivity contribution is 5.92. The highest BCUT2D eigenvalue weighted by atomic mass is 16.1. The molecule has 1 amide bonds. The largest absolute Gasteiger partial charge is 0.325 e. The molecule has 90 valence electrons. The van der Waals surface area contributed by atoms with Gasteiger partial charge in [-0.05, 0) is 25.0 Å². The normalized spacial score (nSPS) is 11.0. The fourth-order valence-corrected chi connectivity index (χ4v) is 1.81. The predicted molar refractivity (Wildman–Crippen MR) is 65.7 cm³/mol. The minimum Gasteiger partial charge on any atom is -0.325 e. The van der Waals surface area contributed by atoms with Gasteiger partial charge in [-0.15, -0.1) is 10.2 Å². The van der Waals surface area contributed by atoms with Gasteiger partial charge in [0.15, 0.2) is 5.65 Å². The van der Waals surface area contributed by atoms with Crippen LogP contribution in [-0.2, 0) is 4.79 Å². The zero-order valence-corrected chi connectivity index (χ0v) is 10.1. The summed E-state index contributed by atoms with van der Waals surface area (Å²) >= 11 is 0. The molecule has 1 N–H and O–H groups in total. The van der Waals surface area contributed by atoms with Gasteiger partial charge in [-0.25, -0.2) is 0 Å². The number of carbonyl (C=O) groups is 1. The first-order valence-corrected chi connectivity index (χ1v) is 5.84. The van der Waals surface area contributed by atoms with Gasteiger partial charge in [-0.2, -0.15) is 0 Å². The lowest BCUT2D eigenvalue weighted by atomic mass is 10.0. The van der Waals surface area contributed by atoms with Crippen molar-refractivity contribution in [3.8, 4) is 0 Å². The van der Waals surface area contributed by atoms with Crippen LogP contribution in [0.25, 0.3) is 5.65 Å². The van der Waals surface area contributed by atoms with Gasteiger partial charge in [0.1, 0.15) is 6.33 Å². The van der Waals surface area contributed by atoms with Crippen molar-refractivity contribution in [1.82, 2.24) is 14.6 Å². The van der Waals surface area contributed by atoms with Gasteiger partial charge in [0, 0.05) is 12.1 Å². The molecule has 0 aliphatic carbocycles. The Morgan fingerprint density at radius 2 is 2.18 bits per heavy atom. The van der Waals surface area contributed by atoms with E-state index in [0.29, 0.717) is 0 Å². The van der Waals surface area contributed by atoms with Gasteiger partial charge in [0.2, 0.25) is 5.91 Å². The number of nitrogens with one attached hydrogen (secondary N) is 1. The third-order valence-corrected chi connectivity index (χ3v) is 2.91. The average Bonchev–Trinajstić information content (AvgIpc) is 2.77. The van der Waals surface area contributed by atoms with Gasteiger partial charge in [0.25, 0.3) is 0 Å². The van der Waals surface area contributed by atoms with E-state index in [4.69, 9.17) is 0 Å². The molecule has 0 saturated carbocycles. The summed E-state index contributed by atoms with van der Waals surface area (Å²) in [7, 11) is 0. The Morgan fingerprint density at radius 1 is 1.41 bits per heavy atom. The van der Waals surface area contributed by atoms with Crippen molar-refractivity contribution in [3.05, 3.63) is 24.7 Å². The molecule has 2 rings (SSSR count). The number of hydrogen-bond acceptors (Lipinski definition) is 3. The third-order valence-electron chi connectivity index (χ3n) is 2.91. The molecule has 0 radical (unpaired) electrons. The summed E-state index contributed by atoms with van der Waals surface area (Å²) in [5.74, 6) is 0.147. The van der Waals surface area contributed by atoms with Crippen molar-refractivity contribution in [2.24, 2.45) is 5.92 Å². The zero-order valence-electron chi connectivity index (χ0n) is 10.1. The molecule has 5 nitrogen and oxygen atoms in total. The Hall–Kier alpha value is -1.91. The zero-order chi connectivity index (χ0) is 12.3. The first-order chi connectivity index (χ1) is 8.24. The number of pyridine rings is 1. The molecule has 2 aromatic rings. The Kier molecular flexibility index (Phi) is 3.37. The minimum absolute atomic E-state index is 0.0717.